The standard InChI is InChI=1S/C14H14O3.Cs/c1-9(14(15)16)10-3-4-12-8-13(17-2)6-5-11(12)7-10;/h3-9H,1-2H3,(H,15,16);/q;+1/p-1. The summed E-state index contributed by atoms with van der Waals surface area (Å²) in [5, 5.41) is 12.8. The Labute approximate surface area is 165 Å². The molecule has 88 valence electrons. The molecule has 0 heterocycles. The van der Waals surface area contributed by atoms with Crippen LogP contribution in [0.5, 0.6) is 5.75 Å². The molecule has 0 saturated heterocycles. The summed E-state index contributed by atoms with van der Waals surface area (Å²) < 4.78 is 5.13. The fourth-order valence-corrected chi connectivity index (χ4v) is 1.77. The minimum Gasteiger partial charge on any atom is -0.550 e. The number of methoxy groups -OCH3 is 1. The first-order valence-electron chi connectivity index (χ1n) is 5.40. The second-order valence-corrected chi connectivity index (χ2v) is 4.01. The molecule has 0 fully saturated rings. The van der Waals surface area contributed by atoms with Crippen LogP contribution in [-0.4, -0.2) is 13.1 Å². The van der Waals surface area contributed by atoms with Gasteiger partial charge in [-0.25, -0.2) is 0 Å². The van der Waals surface area contributed by atoms with E-state index in [1.807, 2.05) is 36.4 Å². The van der Waals surface area contributed by atoms with E-state index in [1.54, 1.807) is 14.0 Å². The summed E-state index contributed by atoms with van der Waals surface area (Å²) in [7, 11) is 1.62. The van der Waals surface area contributed by atoms with Gasteiger partial charge in [-0.1, -0.05) is 31.2 Å². The maximum Gasteiger partial charge on any atom is 1.00 e. The van der Waals surface area contributed by atoms with Gasteiger partial charge < -0.3 is 14.6 Å². The summed E-state index contributed by atoms with van der Waals surface area (Å²) >= 11 is 0. The number of carbonyl (C=O) groups excluding carboxylic acids is 1. The molecular weight excluding hydrogens is 349 g/mol. The van der Waals surface area contributed by atoms with Gasteiger partial charge in [0.15, 0.2) is 0 Å². The van der Waals surface area contributed by atoms with E-state index in [2.05, 4.69) is 0 Å². The monoisotopic (exact) mass is 362 g/mol. The van der Waals surface area contributed by atoms with Gasteiger partial charge in [0, 0.05) is 11.9 Å². The van der Waals surface area contributed by atoms with Crippen LogP contribution in [0.3, 0.4) is 0 Å². The number of aliphatic carboxylic acids is 1. The Morgan fingerprint density at radius 3 is 2.39 bits per heavy atom. The van der Waals surface area contributed by atoms with Crippen LogP contribution in [0.15, 0.2) is 36.4 Å². The second-order valence-electron chi connectivity index (χ2n) is 4.01. The van der Waals surface area contributed by atoms with Crippen LogP contribution in [0.2, 0.25) is 0 Å². The largest absolute Gasteiger partial charge is 1.00 e. The van der Waals surface area contributed by atoms with Crippen molar-refractivity contribution in [1.82, 2.24) is 0 Å². The predicted molar refractivity (Wildman–Crippen MR) is 63.9 cm³/mol. The predicted octanol–water partition coefficient (Wildman–Crippen LogP) is -1.29. The third kappa shape index (κ3) is 3.53. The van der Waals surface area contributed by atoms with Gasteiger partial charge in [0.2, 0.25) is 0 Å². The summed E-state index contributed by atoms with van der Waals surface area (Å²) in [5.41, 5.74) is 0.752. The molecule has 2 aromatic rings. The van der Waals surface area contributed by atoms with Crippen LogP contribution in [0.1, 0.15) is 18.4 Å². The molecule has 0 aromatic heterocycles. The molecule has 2 rings (SSSR count). The zero-order valence-electron chi connectivity index (χ0n) is 10.8. The van der Waals surface area contributed by atoms with E-state index in [1.165, 1.54) is 0 Å². The van der Waals surface area contributed by atoms with E-state index < -0.39 is 11.9 Å². The number of fused-ring (bicyclic) bond motifs is 1. The van der Waals surface area contributed by atoms with Crippen molar-refractivity contribution in [2.24, 2.45) is 0 Å². The van der Waals surface area contributed by atoms with Gasteiger partial charge in [0.05, 0.1) is 7.11 Å². The summed E-state index contributed by atoms with van der Waals surface area (Å²) in [6, 6.07) is 11.3. The van der Waals surface area contributed by atoms with Gasteiger partial charge in [-0.3, -0.25) is 0 Å². The van der Waals surface area contributed by atoms with E-state index in [9.17, 15) is 9.90 Å². The number of ether oxygens (including phenoxy) is 1. The molecule has 0 amide bonds. The van der Waals surface area contributed by atoms with Crippen molar-refractivity contribution in [2.75, 3.05) is 7.11 Å². The zero-order valence-corrected chi connectivity index (χ0v) is 17.0. The average molecular weight is 362 g/mol. The maximum atomic E-state index is 10.8. The first-order chi connectivity index (χ1) is 8.11. The Balaban J connectivity index is 0.00000162. The molecule has 0 radical (unpaired) electrons. The van der Waals surface area contributed by atoms with Gasteiger partial charge in [0.25, 0.3) is 0 Å². The summed E-state index contributed by atoms with van der Waals surface area (Å²) in [5.74, 6) is -0.863. The number of rotatable bonds is 3. The molecule has 3 nitrogen and oxygen atoms in total. The SMILES string of the molecule is COc1ccc2cc(C(C)C(=O)[O-])ccc2c1.[Cs+]. The van der Waals surface area contributed by atoms with E-state index in [-0.39, 0.29) is 68.9 Å². The Hall–Kier alpha value is 0.0219. The molecule has 0 aliphatic carbocycles. The number of benzene rings is 2. The molecule has 18 heavy (non-hydrogen) atoms. The molecule has 0 N–H and O–H groups in total. The average Bonchev–Trinajstić information content (AvgIpc) is 2.36. The van der Waals surface area contributed by atoms with Crippen LogP contribution >= 0.6 is 0 Å². The molecule has 0 aliphatic rings. The molecule has 1 atom stereocenters. The number of hydrogen-bond donors (Lipinski definition) is 0. The molecule has 0 saturated carbocycles. The molecule has 0 bridgehead atoms. The van der Waals surface area contributed by atoms with Crippen molar-refractivity contribution in [3.8, 4) is 5.75 Å². The van der Waals surface area contributed by atoms with Gasteiger partial charge in [0.1, 0.15) is 5.75 Å². The van der Waals surface area contributed by atoms with E-state index in [4.69, 9.17) is 4.74 Å². The van der Waals surface area contributed by atoms with Crippen molar-refractivity contribution in [3.05, 3.63) is 42.0 Å². The van der Waals surface area contributed by atoms with E-state index >= 15 is 0 Å². The van der Waals surface area contributed by atoms with Crippen molar-refractivity contribution in [2.45, 2.75) is 12.8 Å². The van der Waals surface area contributed by atoms with Gasteiger partial charge in [-0.2, -0.15) is 0 Å². The van der Waals surface area contributed by atoms with Crippen molar-refractivity contribution >= 4 is 16.7 Å². The van der Waals surface area contributed by atoms with Gasteiger partial charge >= 0.3 is 68.9 Å². The fourth-order valence-electron chi connectivity index (χ4n) is 1.77. The van der Waals surface area contributed by atoms with Crippen LogP contribution < -0.4 is 78.7 Å². The Morgan fingerprint density at radius 2 is 1.78 bits per heavy atom. The van der Waals surface area contributed by atoms with Crippen LogP contribution in [0.25, 0.3) is 10.8 Å². The smallest absolute Gasteiger partial charge is 0.550 e. The molecule has 1 unspecified atom stereocenters. The van der Waals surface area contributed by atoms with E-state index in [0.29, 0.717) is 0 Å². The Bertz CT molecular complexity index is 566. The van der Waals surface area contributed by atoms with E-state index in [0.717, 1.165) is 22.1 Å². The van der Waals surface area contributed by atoms with Gasteiger partial charge in [-0.05, 0) is 28.5 Å². The molecule has 4 heteroatoms. The number of carboxylic acid groups (broad SMARTS) is 1. The Morgan fingerprint density at radius 1 is 1.17 bits per heavy atom. The number of carbonyl (C=O) groups is 1. The Kier molecular flexibility index (Phi) is 6.23. The first-order valence-corrected chi connectivity index (χ1v) is 5.40. The summed E-state index contributed by atoms with van der Waals surface area (Å²) in [6.07, 6.45) is 0. The normalized spacial score (nSPS) is 11.7. The third-order valence-corrected chi connectivity index (χ3v) is 2.93. The molecule has 0 aliphatic heterocycles. The fraction of sp³-hybridized carbons (Fsp3) is 0.214. The zero-order chi connectivity index (χ0) is 12.4. The maximum absolute atomic E-state index is 10.8. The number of carboxylic acids is 1. The van der Waals surface area contributed by atoms with Gasteiger partial charge in [-0.15, -0.1) is 0 Å². The minimum absolute atomic E-state index is 0. The van der Waals surface area contributed by atoms with Crippen molar-refractivity contribution < 1.29 is 83.5 Å². The quantitative estimate of drug-likeness (QED) is 0.683. The van der Waals surface area contributed by atoms with Crippen molar-refractivity contribution in [1.29, 1.82) is 0 Å². The minimum atomic E-state index is -1.06. The molecule has 0 spiro atoms. The van der Waals surface area contributed by atoms with Crippen molar-refractivity contribution in [3.63, 3.8) is 0 Å². The molecule has 2 aromatic carbocycles. The second kappa shape index (κ2) is 6.98. The molecular formula is C14H13CsO3. The van der Waals surface area contributed by atoms with Crippen LogP contribution in [0, 0.1) is 0 Å². The number of hydrogen-bond acceptors (Lipinski definition) is 3. The van der Waals surface area contributed by atoms with Crippen LogP contribution in [0.4, 0.5) is 0 Å². The topological polar surface area (TPSA) is 49.4 Å². The third-order valence-electron chi connectivity index (χ3n) is 2.93. The summed E-state index contributed by atoms with van der Waals surface area (Å²) in [4.78, 5) is 10.8. The summed E-state index contributed by atoms with van der Waals surface area (Å²) in [6.45, 7) is 1.63. The first kappa shape index (κ1) is 16.1. The van der Waals surface area contributed by atoms with Crippen LogP contribution in [-0.2, 0) is 4.79 Å².